The predicted octanol–water partition coefficient (Wildman–Crippen LogP) is 7.42. The van der Waals surface area contributed by atoms with Gasteiger partial charge in [0.15, 0.2) is 0 Å². The molecule has 7 rings (SSSR count). The Balaban J connectivity index is 1.34. The quantitative estimate of drug-likeness (QED) is 0.200. The maximum Gasteiger partial charge on any atom is 0.416 e. The summed E-state index contributed by atoms with van der Waals surface area (Å²) in [6.07, 6.45) is -1.08. The first kappa shape index (κ1) is 33.5. The second-order valence-corrected chi connectivity index (χ2v) is 13.8. The number of nitrogens with zero attached hydrogens (tertiary/aromatic N) is 3. The van der Waals surface area contributed by atoms with Crippen molar-refractivity contribution >= 4 is 16.8 Å². The second kappa shape index (κ2) is 13.7. The third kappa shape index (κ3) is 7.32. The van der Waals surface area contributed by atoms with E-state index in [1.807, 2.05) is 50.2 Å². The monoisotopic (exact) mass is 672 g/mol. The standard InChI is InChI=1S/C39H43F3N4O3/c1-26(2)49-31-11-12-34-32(24-31)35(37(47)44-38(15-16-38)28-8-4-3-5-9-28)33(36(43-34)27-7-6-10-29(23-27)39(40,41)42)25-45-17-13-30(14-18-45)46-19-21-48-22-20-46/h3-12,23-24,26,30H,13-22,25H2,1-2H3,(H,44,47). The summed E-state index contributed by atoms with van der Waals surface area (Å²) in [4.78, 5) is 24.6. The molecule has 2 saturated heterocycles. The van der Waals surface area contributed by atoms with Gasteiger partial charge in [-0.3, -0.25) is 14.6 Å². The summed E-state index contributed by atoms with van der Waals surface area (Å²) in [6, 6.07) is 21.1. The van der Waals surface area contributed by atoms with Crippen LogP contribution in [-0.2, 0) is 23.0 Å². The number of likely N-dealkylation sites (tertiary alicyclic amines) is 1. The third-order valence-corrected chi connectivity index (χ3v) is 10.0. The van der Waals surface area contributed by atoms with Gasteiger partial charge in [-0.05, 0) is 88.5 Å². The zero-order valence-corrected chi connectivity index (χ0v) is 28.1. The van der Waals surface area contributed by atoms with E-state index in [9.17, 15) is 18.0 Å². The lowest BCUT2D eigenvalue weighted by Gasteiger charge is -2.40. The van der Waals surface area contributed by atoms with E-state index < -0.39 is 17.3 Å². The van der Waals surface area contributed by atoms with E-state index >= 15 is 0 Å². The summed E-state index contributed by atoms with van der Waals surface area (Å²) in [7, 11) is 0. The van der Waals surface area contributed by atoms with Crippen molar-refractivity contribution in [2.24, 2.45) is 0 Å². The molecule has 4 aromatic rings. The van der Waals surface area contributed by atoms with Gasteiger partial charge in [-0.15, -0.1) is 0 Å². The van der Waals surface area contributed by atoms with Crippen LogP contribution in [0.15, 0.2) is 72.8 Å². The molecule has 0 bridgehead atoms. The number of pyridine rings is 1. The number of fused-ring (bicyclic) bond motifs is 1. The van der Waals surface area contributed by atoms with E-state index in [1.165, 1.54) is 6.07 Å². The Morgan fingerprint density at radius 3 is 2.39 bits per heavy atom. The van der Waals surface area contributed by atoms with E-state index in [4.69, 9.17) is 14.5 Å². The van der Waals surface area contributed by atoms with E-state index in [0.29, 0.717) is 51.6 Å². The first-order valence-corrected chi connectivity index (χ1v) is 17.3. The van der Waals surface area contributed by atoms with Gasteiger partial charge in [-0.25, -0.2) is 4.98 Å². The molecule has 3 aromatic carbocycles. The summed E-state index contributed by atoms with van der Waals surface area (Å²) in [6.45, 7) is 9.19. The predicted molar refractivity (Wildman–Crippen MR) is 183 cm³/mol. The van der Waals surface area contributed by atoms with E-state index in [2.05, 4.69) is 15.1 Å². The number of aromatic nitrogens is 1. The van der Waals surface area contributed by atoms with E-state index in [1.54, 1.807) is 18.2 Å². The van der Waals surface area contributed by atoms with Crippen molar-refractivity contribution < 1.29 is 27.4 Å². The van der Waals surface area contributed by atoms with Gasteiger partial charge in [-0.1, -0.05) is 42.5 Å². The van der Waals surface area contributed by atoms with Crippen molar-refractivity contribution in [2.75, 3.05) is 39.4 Å². The van der Waals surface area contributed by atoms with Crippen LogP contribution in [0.1, 0.15) is 66.6 Å². The molecule has 49 heavy (non-hydrogen) atoms. The molecule has 0 radical (unpaired) electrons. The normalized spacial score (nSPS) is 18.9. The van der Waals surface area contributed by atoms with Crippen molar-refractivity contribution in [3.63, 3.8) is 0 Å². The van der Waals surface area contributed by atoms with Crippen molar-refractivity contribution in [2.45, 2.75) is 69.9 Å². The molecule has 3 fully saturated rings. The number of alkyl halides is 3. The van der Waals surface area contributed by atoms with Crippen molar-refractivity contribution in [3.8, 4) is 17.0 Å². The smallest absolute Gasteiger partial charge is 0.416 e. The number of rotatable bonds is 9. The largest absolute Gasteiger partial charge is 0.491 e. The molecule has 1 amide bonds. The Labute approximate surface area is 285 Å². The molecule has 3 heterocycles. The first-order chi connectivity index (χ1) is 23.6. The molecule has 1 aromatic heterocycles. The van der Waals surface area contributed by atoms with Gasteiger partial charge in [0.25, 0.3) is 5.91 Å². The maximum atomic E-state index is 14.8. The highest BCUT2D eigenvalue weighted by Gasteiger charge is 2.46. The summed E-state index contributed by atoms with van der Waals surface area (Å²) >= 11 is 0. The van der Waals surface area contributed by atoms with Crippen LogP contribution in [0.4, 0.5) is 13.2 Å². The fraction of sp³-hybridized carbons (Fsp3) is 0.436. The van der Waals surface area contributed by atoms with Crippen molar-refractivity contribution in [1.29, 1.82) is 0 Å². The van der Waals surface area contributed by atoms with Gasteiger partial charge in [0.05, 0.1) is 47.2 Å². The number of carbonyl (C=O) groups is 1. The molecular weight excluding hydrogens is 629 g/mol. The summed E-state index contributed by atoms with van der Waals surface area (Å²) < 4.78 is 53.6. The number of hydrogen-bond acceptors (Lipinski definition) is 6. The van der Waals surface area contributed by atoms with Gasteiger partial charge in [-0.2, -0.15) is 13.2 Å². The fourth-order valence-electron chi connectivity index (χ4n) is 7.38. The molecule has 0 spiro atoms. The molecule has 1 N–H and O–H groups in total. The highest BCUT2D eigenvalue weighted by Crippen LogP contribution is 2.46. The Bertz CT molecular complexity index is 1800. The molecule has 0 atom stereocenters. The van der Waals surface area contributed by atoms with Crippen molar-refractivity contribution in [1.82, 2.24) is 20.1 Å². The van der Waals surface area contributed by atoms with Gasteiger partial charge < -0.3 is 14.8 Å². The molecule has 1 aliphatic carbocycles. The lowest BCUT2D eigenvalue weighted by atomic mass is 9.93. The zero-order valence-electron chi connectivity index (χ0n) is 28.1. The molecule has 3 aliphatic rings. The Kier molecular flexibility index (Phi) is 9.39. The minimum atomic E-state index is -4.52. The number of nitrogens with one attached hydrogen (secondary N) is 1. The van der Waals surface area contributed by atoms with Crippen molar-refractivity contribution in [3.05, 3.63) is 95.1 Å². The zero-order chi connectivity index (χ0) is 34.2. The highest BCUT2D eigenvalue weighted by molar-refractivity contribution is 6.09. The number of carbonyl (C=O) groups excluding carboxylic acids is 1. The Morgan fingerprint density at radius 1 is 0.980 bits per heavy atom. The topological polar surface area (TPSA) is 66.9 Å². The molecular formula is C39H43F3N4O3. The Hall–Kier alpha value is -3.99. The van der Waals surface area contributed by atoms with Crippen LogP contribution in [0.25, 0.3) is 22.2 Å². The molecule has 7 nitrogen and oxygen atoms in total. The molecule has 258 valence electrons. The number of hydrogen-bond donors (Lipinski definition) is 1. The average molecular weight is 673 g/mol. The lowest BCUT2D eigenvalue weighted by Crippen LogP contribution is -2.48. The molecule has 1 saturated carbocycles. The fourth-order valence-corrected chi connectivity index (χ4v) is 7.38. The summed E-state index contributed by atoms with van der Waals surface area (Å²) in [5.74, 6) is 0.341. The number of piperidine rings is 1. The van der Waals surface area contributed by atoms with Crippen LogP contribution in [-0.4, -0.2) is 72.2 Å². The van der Waals surface area contributed by atoms with Gasteiger partial charge >= 0.3 is 6.18 Å². The maximum absolute atomic E-state index is 14.8. The van der Waals surface area contributed by atoms with Crippen LogP contribution >= 0.6 is 0 Å². The highest BCUT2D eigenvalue weighted by atomic mass is 19.4. The number of benzene rings is 3. The average Bonchev–Trinajstić information content (AvgIpc) is 3.89. The lowest BCUT2D eigenvalue weighted by molar-refractivity contribution is -0.137. The summed E-state index contributed by atoms with van der Waals surface area (Å²) in [5, 5.41) is 3.99. The van der Waals surface area contributed by atoms with E-state index in [-0.39, 0.29) is 12.0 Å². The third-order valence-electron chi connectivity index (χ3n) is 10.0. The number of morpholine rings is 1. The minimum absolute atomic E-state index is 0.0906. The number of amides is 1. The van der Waals surface area contributed by atoms with Gasteiger partial charge in [0, 0.05) is 42.2 Å². The minimum Gasteiger partial charge on any atom is -0.491 e. The van der Waals surface area contributed by atoms with E-state index in [0.717, 1.165) is 82.8 Å². The molecule has 10 heteroatoms. The van der Waals surface area contributed by atoms with Crippen LogP contribution in [0.3, 0.4) is 0 Å². The molecule has 2 aliphatic heterocycles. The summed E-state index contributed by atoms with van der Waals surface area (Å²) in [5.41, 5.74) is 2.09. The Morgan fingerprint density at radius 2 is 1.71 bits per heavy atom. The van der Waals surface area contributed by atoms with Gasteiger partial charge in [0.2, 0.25) is 0 Å². The van der Waals surface area contributed by atoms with Crippen LogP contribution < -0.4 is 10.1 Å². The van der Waals surface area contributed by atoms with Crippen LogP contribution in [0.2, 0.25) is 0 Å². The molecule has 0 unspecified atom stereocenters. The number of halogens is 3. The van der Waals surface area contributed by atoms with Crippen LogP contribution in [0.5, 0.6) is 5.75 Å². The van der Waals surface area contributed by atoms with Crippen LogP contribution in [0, 0.1) is 0 Å². The SMILES string of the molecule is CC(C)Oc1ccc2nc(-c3cccc(C(F)(F)F)c3)c(CN3CCC(N4CCOCC4)CC3)c(C(=O)NC3(c4ccccc4)CC3)c2c1. The first-order valence-electron chi connectivity index (χ1n) is 17.3. The van der Waals surface area contributed by atoms with Gasteiger partial charge in [0.1, 0.15) is 5.75 Å². The second-order valence-electron chi connectivity index (χ2n) is 13.8. The number of ether oxygens (including phenoxy) is 2.